The molecule has 0 heterocycles. The van der Waals surface area contributed by atoms with E-state index in [0.29, 0.717) is 11.4 Å². The molecule has 1 saturated carbocycles. The van der Waals surface area contributed by atoms with Gasteiger partial charge < -0.3 is 20.5 Å². The molecule has 0 saturated heterocycles. The second kappa shape index (κ2) is 9.37. The van der Waals surface area contributed by atoms with Crippen LogP contribution in [0.5, 0.6) is 5.75 Å². The van der Waals surface area contributed by atoms with E-state index in [0.717, 1.165) is 25.7 Å². The number of hydrogen-bond acceptors (Lipinski definition) is 5. The third kappa shape index (κ3) is 6.08. The lowest BCUT2D eigenvalue weighted by atomic mass is 9.85. The van der Waals surface area contributed by atoms with Gasteiger partial charge in [-0.1, -0.05) is 6.42 Å². The standard InChI is InChI=1S/C16H22N2O4.ClH/c1-21-15(19)10-22-14-7-5-13(6-8-14)18-16(20)11-3-2-4-12(17)9-11;/h5-8,11-12H,2-4,9-10,17H2,1H3,(H,18,20);1H. The quantitative estimate of drug-likeness (QED) is 0.800. The summed E-state index contributed by atoms with van der Waals surface area (Å²) < 4.78 is 9.74. The predicted octanol–water partition coefficient (Wildman–Crippen LogP) is 2.12. The predicted molar refractivity (Wildman–Crippen MR) is 89.8 cm³/mol. The van der Waals surface area contributed by atoms with Crippen molar-refractivity contribution in [3.05, 3.63) is 24.3 Å². The van der Waals surface area contributed by atoms with E-state index in [1.807, 2.05) is 0 Å². The summed E-state index contributed by atoms with van der Waals surface area (Å²) >= 11 is 0. The number of hydrogen-bond donors (Lipinski definition) is 2. The number of anilines is 1. The van der Waals surface area contributed by atoms with Gasteiger partial charge in [0.25, 0.3) is 0 Å². The van der Waals surface area contributed by atoms with Crippen LogP contribution in [-0.4, -0.2) is 31.6 Å². The summed E-state index contributed by atoms with van der Waals surface area (Å²) in [7, 11) is 1.31. The molecule has 23 heavy (non-hydrogen) atoms. The van der Waals surface area contributed by atoms with Crippen LogP contribution in [0.15, 0.2) is 24.3 Å². The average Bonchev–Trinajstić information content (AvgIpc) is 2.53. The van der Waals surface area contributed by atoms with Crippen molar-refractivity contribution in [3.63, 3.8) is 0 Å². The summed E-state index contributed by atoms with van der Waals surface area (Å²) in [6.45, 7) is -0.137. The van der Waals surface area contributed by atoms with Crippen LogP contribution >= 0.6 is 12.4 Å². The van der Waals surface area contributed by atoms with E-state index in [1.54, 1.807) is 24.3 Å². The van der Waals surface area contributed by atoms with Gasteiger partial charge in [0.05, 0.1) is 7.11 Å². The maximum absolute atomic E-state index is 12.2. The van der Waals surface area contributed by atoms with Crippen molar-refractivity contribution in [2.75, 3.05) is 19.0 Å². The first-order valence-corrected chi connectivity index (χ1v) is 7.44. The Balaban J connectivity index is 0.00000264. The molecule has 128 valence electrons. The van der Waals surface area contributed by atoms with E-state index in [4.69, 9.17) is 10.5 Å². The molecule has 2 unspecified atom stereocenters. The van der Waals surface area contributed by atoms with E-state index < -0.39 is 5.97 Å². The lowest BCUT2D eigenvalue weighted by molar-refractivity contribution is -0.142. The van der Waals surface area contributed by atoms with Crippen molar-refractivity contribution in [2.45, 2.75) is 31.7 Å². The highest BCUT2D eigenvalue weighted by atomic mass is 35.5. The molecule has 1 fully saturated rings. The minimum Gasteiger partial charge on any atom is -0.482 e. The molecule has 1 aliphatic carbocycles. The number of halogens is 1. The van der Waals surface area contributed by atoms with E-state index in [2.05, 4.69) is 10.1 Å². The van der Waals surface area contributed by atoms with E-state index in [9.17, 15) is 9.59 Å². The average molecular weight is 343 g/mol. The summed E-state index contributed by atoms with van der Waals surface area (Å²) in [6.07, 6.45) is 3.63. The molecule has 1 aliphatic rings. The maximum Gasteiger partial charge on any atom is 0.343 e. The minimum absolute atomic E-state index is 0. The van der Waals surface area contributed by atoms with Gasteiger partial charge >= 0.3 is 5.97 Å². The third-order valence-electron chi connectivity index (χ3n) is 3.79. The van der Waals surface area contributed by atoms with Crippen molar-refractivity contribution < 1.29 is 19.1 Å². The zero-order chi connectivity index (χ0) is 15.9. The number of carbonyl (C=O) groups excluding carboxylic acids is 2. The smallest absolute Gasteiger partial charge is 0.343 e. The Morgan fingerprint density at radius 1 is 1.26 bits per heavy atom. The third-order valence-corrected chi connectivity index (χ3v) is 3.79. The van der Waals surface area contributed by atoms with Crippen molar-refractivity contribution in [1.82, 2.24) is 0 Å². The van der Waals surface area contributed by atoms with Gasteiger partial charge in [-0.25, -0.2) is 4.79 Å². The first-order chi connectivity index (χ1) is 10.6. The Morgan fingerprint density at radius 2 is 1.96 bits per heavy atom. The van der Waals surface area contributed by atoms with Crippen LogP contribution in [0.25, 0.3) is 0 Å². The summed E-state index contributed by atoms with van der Waals surface area (Å²) in [5.41, 5.74) is 6.61. The van der Waals surface area contributed by atoms with Gasteiger partial charge in [0.15, 0.2) is 6.61 Å². The molecule has 3 N–H and O–H groups in total. The van der Waals surface area contributed by atoms with E-state index in [-0.39, 0.29) is 36.9 Å². The summed E-state index contributed by atoms with van der Waals surface area (Å²) in [5, 5.41) is 2.89. The fourth-order valence-electron chi connectivity index (χ4n) is 2.55. The number of carbonyl (C=O) groups is 2. The van der Waals surface area contributed by atoms with Gasteiger partial charge in [-0.05, 0) is 43.5 Å². The molecule has 0 spiro atoms. The van der Waals surface area contributed by atoms with Crippen LogP contribution in [0.4, 0.5) is 5.69 Å². The summed E-state index contributed by atoms with van der Waals surface area (Å²) in [5.74, 6) is 0.103. The van der Waals surface area contributed by atoms with Crippen LogP contribution in [-0.2, 0) is 14.3 Å². The van der Waals surface area contributed by atoms with Gasteiger partial charge in [0.1, 0.15) is 5.75 Å². The largest absolute Gasteiger partial charge is 0.482 e. The highest BCUT2D eigenvalue weighted by Crippen LogP contribution is 2.25. The van der Waals surface area contributed by atoms with Crippen molar-refractivity contribution >= 4 is 30.0 Å². The van der Waals surface area contributed by atoms with Crippen molar-refractivity contribution in [2.24, 2.45) is 11.7 Å². The first kappa shape index (κ1) is 19.3. The van der Waals surface area contributed by atoms with Gasteiger partial charge in [-0.2, -0.15) is 0 Å². The molecule has 2 rings (SSSR count). The fraction of sp³-hybridized carbons (Fsp3) is 0.500. The van der Waals surface area contributed by atoms with E-state index >= 15 is 0 Å². The van der Waals surface area contributed by atoms with Crippen LogP contribution in [0.2, 0.25) is 0 Å². The van der Waals surface area contributed by atoms with Crippen LogP contribution in [0.1, 0.15) is 25.7 Å². The molecule has 7 heteroatoms. The SMILES string of the molecule is COC(=O)COc1ccc(NC(=O)C2CCCC(N)C2)cc1.Cl. The number of rotatable bonds is 5. The van der Waals surface area contributed by atoms with Gasteiger partial charge in [0.2, 0.25) is 5.91 Å². The number of ether oxygens (including phenoxy) is 2. The maximum atomic E-state index is 12.2. The molecule has 1 aromatic rings. The molecule has 1 amide bonds. The fourth-order valence-corrected chi connectivity index (χ4v) is 2.55. The van der Waals surface area contributed by atoms with Crippen LogP contribution in [0, 0.1) is 5.92 Å². The lowest BCUT2D eigenvalue weighted by Gasteiger charge is -2.25. The second-order valence-electron chi connectivity index (χ2n) is 5.50. The summed E-state index contributed by atoms with van der Waals surface area (Å²) in [4.78, 5) is 23.2. The van der Waals surface area contributed by atoms with E-state index in [1.165, 1.54) is 7.11 Å². The molecule has 6 nitrogen and oxygen atoms in total. The molecule has 0 aromatic heterocycles. The Bertz CT molecular complexity index is 521. The molecule has 0 radical (unpaired) electrons. The molecular formula is C16H23ClN2O4. The number of benzene rings is 1. The minimum atomic E-state index is -0.439. The van der Waals surface area contributed by atoms with Crippen LogP contribution < -0.4 is 15.8 Å². The molecule has 2 atom stereocenters. The van der Waals surface area contributed by atoms with Crippen molar-refractivity contribution in [3.8, 4) is 5.75 Å². The summed E-state index contributed by atoms with van der Waals surface area (Å²) in [6, 6.07) is 7.01. The Labute approximate surface area is 142 Å². The molecule has 0 bridgehead atoms. The highest BCUT2D eigenvalue weighted by Gasteiger charge is 2.25. The topological polar surface area (TPSA) is 90.6 Å². The highest BCUT2D eigenvalue weighted by molar-refractivity contribution is 5.92. The second-order valence-corrected chi connectivity index (χ2v) is 5.50. The number of amides is 1. The molecule has 0 aliphatic heterocycles. The number of nitrogens with two attached hydrogens (primary N) is 1. The zero-order valence-electron chi connectivity index (χ0n) is 13.1. The number of methoxy groups -OCH3 is 1. The van der Waals surface area contributed by atoms with Crippen LogP contribution in [0.3, 0.4) is 0 Å². The number of esters is 1. The molecular weight excluding hydrogens is 320 g/mol. The first-order valence-electron chi connectivity index (χ1n) is 7.44. The Morgan fingerprint density at radius 3 is 2.57 bits per heavy atom. The lowest BCUT2D eigenvalue weighted by Crippen LogP contribution is -2.34. The van der Waals surface area contributed by atoms with Crippen molar-refractivity contribution in [1.29, 1.82) is 0 Å². The van der Waals surface area contributed by atoms with Gasteiger partial charge in [-0.15, -0.1) is 12.4 Å². The number of nitrogens with one attached hydrogen (secondary N) is 1. The monoisotopic (exact) mass is 342 g/mol. The molecule has 1 aromatic carbocycles. The Hall–Kier alpha value is -1.79. The zero-order valence-corrected chi connectivity index (χ0v) is 13.9. The Kier molecular flexibility index (Phi) is 7.85. The van der Waals surface area contributed by atoms with Gasteiger partial charge in [0, 0.05) is 17.6 Å². The normalized spacial score (nSPS) is 20.1. The van der Waals surface area contributed by atoms with Gasteiger partial charge in [-0.3, -0.25) is 4.79 Å².